The molecule has 28 nitrogen and oxygen atoms in total. The van der Waals surface area contributed by atoms with Gasteiger partial charge in [0.2, 0.25) is 29.7 Å². The van der Waals surface area contributed by atoms with E-state index < -0.39 is 31.1 Å². The summed E-state index contributed by atoms with van der Waals surface area (Å²) in [6.45, 7) is -0.592. The van der Waals surface area contributed by atoms with Gasteiger partial charge in [-0.25, -0.2) is 10.5 Å². The maximum atomic E-state index is 12.7. The number of aliphatic hydroxyl groups excluding tert-OH is 2. The molecule has 0 saturated heterocycles. The van der Waals surface area contributed by atoms with Crippen LogP contribution in [0.1, 0.15) is 11.1 Å². The van der Waals surface area contributed by atoms with Crippen LogP contribution in [-0.2, 0) is 39.0 Å². The summed E-state index contributed by atoms with van der Waals surface area (Å²) in [6.07, 6.45) is 2.80. The van der Waals surface area contributed by atoms with Crippen molar-refractivity contribution in [1.82, 2.24) is 29.9 Å². The molecule has 360 valence electrons. The van der Waals surface area contributed by atoms with E-state index in [2.05, 4.69) is 65.6 Å². The lowest BCUT2D eigenvalue weighted by Gasteiger charge is -2.21. The Balaban J connectivity index is 1.26. The molecular weight excluding hydrogens is 985 g/mol. The van der Waals surface area contributed by atoms with Crippen LogP contribution in [0.15, 0.2) is 105 Å². The van der Waals surface area contributed by atoms with Crippen LogP contribution >= 0.6 is 24.1 Å². The summed E-state index contributed by atoms with van der Waals surface area (Å²) in [7, 11) is -9.37. The number of rotatable bonds is 24. The van der Waals surface area contributed by atoms with Gasteiger partial charge in [0.1, 0.15) is 4.90 Å². The normalized spacial score (nSPS) is 11.7. The quantitative estimate of drug-likeness (QED) is 0.0126. The Kier molecular flexibility index (Phi) is 17.6. The molecule has 0 bridgehead atoms. The van der Waals surface area contributed by atoms with Crippen molar-refractivity contribution in [2.24, 2.45) is 0 Å². The first-order chi connectivity index (χ1) is 32.5. The van der Waals surface area contributed by atoms with Crippen LogP contribution in [0.5, 0.6) is 0 Å². The zero-order valence-corrected chi connectivity index (χ0v) is 37.4. The molecule has 2 aromatic heterocycles. The smallest absolute Gasteiger partial charge is 0.295 e. The molecule has 32 heteroatoms. The summed E-state index contributed by atoms with van der Waals surface area (Å²) >= 11 is 1.26. The van der Waals surface area contributed by atoms with Gasteiger partial charge in [0.15, 0.2) is 0 Å². The number of anilines is 10. The van der Waals surface area contributed by atoms with Crippen LogP contribution in [0.2, 0.25) is 0 Å². The van der Waals surface area contributed by atoms with Gasteiger partial charge < -0.3 is 36.4 Å². The highest BCUT2D eigenvalue weighted by molar-refractivity contribution is 7.94. The van der Waals surface area contributed by atoms with Gasteiger partial charge >= 0.3 is 0 Å². The van der Waals surface area contributed by atoms with Gasteiger partial charge in [0.05, 0.1) is 42.2 Å². The maximum Gasteiger partial charge on any atom is 0.295 e. The largest absolute Gasteiger partial charge is 0.395 e. The van der Waals surface area contributed by atoms with E-state index in [9.17, 15) is 46.6 Å². The molecule has 0 spiro atoms. The third-order valence-corrected chi connectivity index (χ3v) is 11.6. The summed E-state index contributed by atoms with van der Waals surface area (Å²) in [5, 5.41) is 74.5. The molecule has 0 fully saturated rings. The van der Waals surface area contributed by atoms with Crippen molar-refractivity contribution >= 4 is 115 Å². The standard InChI is InChI=1S/C36H36N12O16S4/c49-17-15-47(16-18-50)35-43-31(38-24-9-13-28(14-10-24)67(55,56)57)41-33(44-35)39-25-5-3-21(29(19-25)66-64-62-54)1-2-22-4-6-26(20-30(22)68(58,59)60)40-34-42-32(45-36(46-34)48(51)52)37-23-7-11-27(12-8-23)65-63-61-53/h1-14,19-20,49-54H,15-18H2,(H,55,56,57)(H,58,59,60)(H2,37,40,42,45,46)(H2,38,39,41,43,44)/b2-1+. The zero-order valence-electron chi connectivity index (χ0n) is 34.1. The Bertz CT molecular complexity index is 2920. The molecule has 0 aliphatic heterocycles. The van der Waals surface area contributed by atoms with Crippen LogP contribution in [0.25, 0.3) is 12.2 Å². The molecule has 0 aliphatic rings. The topological polar surface area (TPSA) is 399 Å². The van der Waals surface area contributed by atoms with Crippen LogP contribution < -0.4 is 31.4 Å². The minimum Gasteiger partial charge on any atom is -0.395 e. The van der Waals surface area contributed by atoms with E-state index >= 15 is 0 Å². The van der Waals surface area contributed by atoms with Crippen molar-refractivity contribution in [3.63, 3.8) is 0 Å². The molecule has 2 heterocycles. The van der Waals surface area contributed by atoms with Gasteiger partial charge in [-0.15, -0.1) is 8.67 Å². The zero-order chi connectivity index (χ0) is 48.8. The van der Waals surface area contributed by atoms with E-state index in [1.807, 2.05) is 0 Å². The second-order valence-corrected chi connectivity index (χ2v) is 17.4. The lowest BCUT2D eigenvalue weighted by molar-refractivity contribution is -0.432. The predicted octanol–water partition coefficient (Wildman–Crippen LogP) is 4.93. The summed E-state index contributed by atoms with van der Waals surface area (Å²) in [5.74, 6) is -1.21. The third-order valence-electron chi connectivity index (χ3n) is 8.54. The lowest BCUT2D eigenvalue weighted by Crippen LogP contribution is -2.31. The first kappa shape index (κ1) is 51.0. The molecule has 12 N–H and O–H groups in total. The third kappa shape index (κ3) is 14.5. The van der Waals surface area contributed by atoms with E-state index in [1.54, 1.807) is 36.4 Å². The monoisotopic (exact) mass is 1020 g/mol. The number of benzene rings is 4. The summed E-state index contributed by atoms with van der Waals surface area (Å²) in [4.78, 5) is 26.5. The van der Waals surface area contributed by atoms with E-state index in [0.717, 1.165) is 18.2 Å². The highest BCUT2D eigenvalue weighted by Crippen LogP contribution is 2.32. The molecule has 0 unspecified atom stereocenters. The van der Waals surface area contributed by atoms with Crippen LogP contribution in [0, 0.1) is 0 Å². The number of hydrogen-bond donors (Lipinski definition) is 12. The van der Waals surface area contributed by atoms with Gasteiger partial charge in [0.25, 0.3) is 26.2 Å². The average Bonchev–Trinajstić information content (AvgIpc) is 3.30. The van der Waals surface area contributed by atoms with Crippen molar-refractivity contribution in [2.75, 3.05) is 57.7 Å². The van der Waals surface area contributed by atoms with Crippen molar-refractivity contribution in [1.29, 1.82) is 0 Å². The molecule has 0 amide bonds. The minimum absolute atomic E-state index is 0.00986. The van der Waals surface area contributed by atoms with Crippen molar-refractivity contribution in [3.8, 4) is 0 Å². The Hall–Kier alpha value is -6.44. The van der Waals surface area contributed by atoms with E-state index in [1.165, 1.54) is 47.4 Å². The molecule has 4 aromatic carbocycles. The highest BCUT2D eigenvalue weighted by atomic mass is 32.2. The summed E-state index contributed by atoms with van der Waals surface area (Å²) < 4.78 is 77.1. The molecule has 0 aliphatic carbocycles. The first-order valence-electron chi connectivity index (χ1n) is 18.7. The summed E-state index contributed by atoms with van der Waals surface area (Å²) in [6, 6.07) is 19.7. The molecule has 0 saturated carbocycles. The number of nitrogens with one attached hydrogen (secondary N) is 4. The van der Waals surface area contributed by atoms with Gasteiger partial charge in [-0.1, -0.05) is 39.6 Å². The number of nitrogens with zero attached hydrogens (tertiary/aromatic N) is 8. The van der Waals surface area contributed by atoms with Crippen molar-refractivity contribution in [3.05, 3.63) is 96.1 Å². The number of aromatic nitrogens is 6. The van der Waals surface area contributed by atoms with Crippen molar-refractivity contribution < 1.29 is 75.8 Å². The van der Waals surface area contributed by atoms with E-state index in [0.29, 0.717) is 51.6 Å². The Morgan fingerprint density at radius 1 is 0.559 bits per heavy atom. The van der Waals surface area contributed by atoms with Gasteiger partial charge in [-0.2, -0.15) is 46.7 Å². The number of aliphatic hydroxyl groups is 2. The predicted molar refractivity (Wildman–Crippen MR) is 241 cm³/mol. The molecule has 6 rings (SSSR count). The fourth-order valence-electron chi connectivity index (χ4n) is 5.64. The van der Waals surface area contributed by atoms with E-state index in [4.69, 9.17) is 14.8 Å². The highest BCUT2D eigenvalue weighted by Gasteiger charge is 2.19. The fourth-order valence-corrected chi connectivity index (χ4v) is 7.70. The molecule has 68 heavy (non-hydrogen) atoms. The van der Waals surface area contributed by atoms with E-state index in [-0.39, 0.29) is 82.3 Å². The molecule has 6 aromatic rings. The number of hydrogen-bond acceptors (Lipinski definition) is 28. The minimum atomic E-state index is -4.91. The van der Waals surface area contributed by atoms with Gasteiger partial charge in [-0.3, -0.25) is 19.5 Å². The van der Waals surface area contributed by atoms with Crippen molar-refractivity contribution in [2.45, 2.75) is 19.6 Å². The van der Waals surface area contributed by atoms with Crippen LogP contribution in [0.3, 0.4) is 0 Å². The lowest BCUT2D eigenvalue weighted by atomic mass is 10.1. The van der Waals surface area contributed by atoms with Gasteiger partial charge in [-0.05, 0) is 83.9 Å². The SMILES string of the molecule is O=S(=O)(O)c1ccc(Nc2nc(Nc3ccc(/C=C/c4ccc(Nc5nc(Nc6ccc(SOOO)cc6)nc(N(O)O)n5)cc4S(=O)(=O)O)c(SOOO)c3)nc(N(CCO)CCO)n2)cc1. The second kappa shape index (κ2) is 23.5. The fraction of sp³-hybridized carbons (Fsp3) is 0.111. The summed E-state index contributed by atoms with van der Waals surface area (Å²) in [5.41, 5.74) is 1.44. The molecule has 0 radical (unpaired) electrons. The first-order valence-corrected chi connectivity index (χ1v) is 23.1. The Morgan fingerprint density at radius 3 is 1.51 bits per heavy atom. The van der Waals surface area contributed by atoms with Crippen LogP contribution in [-0.4, -0.2) is 113 Å². The second-order valence-electron chi connectivity index (χ2n) is 13.1. The van der Waals surface area contributed by atoms with Crippen LogP contribution in [0.4, 0.5) is 58.4 Å². The Morgan fingerprint density at radius 2 is 1.01 bits per heavy atom. The van der Waals surface area contributed by atoms with Gasteiger partial charge in [0, 0.05) is 45.6 Å². The Labute approximate surface area is 392 Å². The maximum absolute atomic E-state index is 12.7. The molecular formula is C36H36N12O16S4. The average molecular weight is 1020 g/mol. The molecule has 0 atom stereocenters.